The SMILES string of the molecule is [N-]=[N+]=N[C@@H](C(=O)N1C(=O)OCC1c1ccccc1)[C@H](Cc1ccc(F)cc1)c1ccc(Cl)cc1. The molecule has 0 spiro atoms. The first-order valence-corrected chi connectivity index (χ1v) is 10.9. The van der Waals surface area contributed by atoms with E-state index >= 15 is 0 Å². The Hall–Kier alpha value is -3.87. The number of hydrogen-bond acceptors (Lipinski definition) is 4. The topological polar surface area (TPSA) is 95.4 Å². The molecular weight excluding hydrogens is 459 g/mol. The summed E-state index contributed by atoms with van der Waals surface area (Å²) < 4.78 is 18.6. The van der Waals surface area contributed by atoms with Crippen molar-refractivity contribution in [3.05, 3.63) is 117 Å². The van der Waals surface area contributed by atoms with Gasteiger partial charge in [-0.05, 0) is 52.9 Å². The van der Waals surface area contributed by atoms with Crippen molar-refractivity contribution >= 4 is 23.6 Å². The highest BCUT2D eigenvalue weighted by atomic mass is 35.5. The standard InChI is InChI=1S/C25H20ClFN4O3/c26-19-10-8-17(9-11-19)21(14-16-6-12-20(27)13-7-16)23(29-30-28)24(32)31-22(15-34-25(31)33)18-4-2-1-3-5-18/h1-13,21-23H,14-15H2/t21-,22?,23-/m1/s1. The number of hydrogen-bond donors (Lipinski definition) is 0. The normalized spacial score (nSPS) is 16.9. The zero-order valence-corrected chi connectivity index (χ0v) is 18.7. The van der Waals surface area contributed by atoms with Gasteiger partial charge in [-0.2, -0.15) is 0 Å². The molecule has 0 N–H and O–H groups in total. The summed E-state index contributed by atoms with van der Waals surface area (Å²) in [6.45, 7) is 0.00114. The van der Waals surface area contributed by atoms with Gasteiger partial charge in [0.25, 0.3) is 0 Å². The van der Waals surface area contributed by atoms with Gasteiger partial charge in [0, 0.05) is 15.9 Å². The largest absolute Gasteiger partial charge is 0.446 e. The highest BCUT2D eigenvalue weighted by Crippen LogP contribution is 2.34. The lowest BCUT2D eigenvalue weighted by atomic mass is 9.85. The first-order valence-electron chi connectivity index (χ1n) is 10.6. The minimum absolute atomic E-state index is 0.00114. The van der Waals surface area contributed by atoms with Crippen molar-refractivity contribution in [1.29, 1.82) is 0 Å². The van der Waals surface area contributed by atoms with Gasteiger partial charge < -0.3 is 4.74 Å². The predicted octanol–water partition coefficient (Wildman–Crippen LogP) is 6.20. The molecule has 1 aliphatic heterocycles. The van der Waals surface area contributed by atoms with Crippen LogP contribution in [0.5, 0.6) is 0 Å². The molecular formula is C25H20ClFN4O3. The summed E-state index contributed by atoms with van der Waals surface area (Å²) in [6.07, 6.45) is -0.537. The summed E-state index contributed by atoms with van der Waals surface area (Å²) in [5.41, 5.74) is 11.5. The second-order valence-electron chi connectivity index (χ2n) is 7.85. The number of nitrogens with zero attached hydrogens (tertiary/aromatic N) is 4. The zero-order valence-electron chi connectivity index (χ0n) is 17.9. The molecule has 0 radical (unpaired) electrons. The molecule has 1 saturated heterocycles. The number of azide groups is 1. The Labute approximate surface area is 200 Å². The molecule has 0 aliphatic carbocycles. The lowest BCUT2D eigenvalue weighted by Crippen LogP contribution is -2.43. The van der Waals surface area contributed by atoms with E-state index in [9.17, 15) is 19.5 Å². The number of imide groups is 1. The molecule has 9 heteroatoms. The van der Waals surface area contributed by atoms with E-state index < -0.39 is 30.0 Å². The van der Waals surface area contributed by atoms with Crippen LogP contribution in [-0.4, -0.2) is 29.5 Å². The number of rotatable bonds is 7. The van der Waals surface area contributed by atoms with Crippen molar-refractivity contribution in [3.8, 4) is 0 Å². The number of cyclic esters (lactones) is 1. The van der Waals surface area contributed by atoms with Gasteiger partial charge in [0.15, 0.2) is 0 Å². The van der Waals surface area contributed by atoms with Crippen molar-refractivity contribution in [2.24, 2.45) is 5.11 Å². The lowest BCUT2D eigenvalue weighted by Gasteiger charge is -2.28. The average Bonchev–Trinajstić information content (AvgIpc) is 3.24. The van der Waals surface area contributed by atoms with E-state index in [1.54, 1.807) is 60.7 Å². The van der Waals surface area contributed by atoms with Crippen LogP contribution in [0.2, 0.25) is 5.02 Å². The minimum atomic E-state index is -1.26. The second kappa shape index (κ2) is 10.4. The molecule has 4 rings (SSSR count). The van der Waals surface area contributed by atoms with Gasteiger partial charge in [0.2, 0.25) is 5.91 Å². The van der Waals surface area contributed by atoms with Crippen molar-refractivity contribution in [3.63, 3.8) is 0 Å². The third-order valence-electron chi connectivity index (χ3n) is 5.77. The van der Waals surface area contributed by atoms with Crippen molar-refractivity contribution in [2.75, 3.05) is 6.61 Å². The summed E-state index contributed by atoms with van der Waals surface area (Å²) >= 11 is 6.05. The number of benzene rings is 3. The highest BCUT2D eigenvalue weighted by molar-refractivity contribution is 6.30. The number of halogens is 2. The minimum Gasteiger partial charge on any atom is -0.446 e. The van der Waals surface area contributed by atoms with Crippen LogP contribution in [0.1, 0.15) is 28.7 Å². The summed E-state index contributed by atoms with van der Waals surface area (Å²) in [7, 11) is 0. The number of carbonyl (C=O) groups excluding carboxylic acids is 2. The summed E-state index contributed by atoms with van der Waals surface area (Å²) in [6, 6.07) is 19.8. The predicted molar refractivity (Wildman–Crippen MR) is 125 cm³/mol. The highest BCUT2D eigenvalue weighted by Gasteiger charge is 2.43. The van der Waals surface area contributed by atoms with Crippen molar-refractivity contribution in [1.82, 2.24) is 4.90 Å². The maximum atomic E-state index is 13.7. The summed E-state index contributed by atoms with van der Waals surface area (Å²) in [5.74, 6) is -1.70. The van der Waals surface area contributed by atoms with E-state index in [-0.39, 0.29) is 18.8 Å². The molecule has 172 valence electrons. The first kappa shape index (κ1) is 23.3. The van der Waals surface area contributed by atoms with E-state index in [0.717, 1.165) is 16.0 Å². The van der Waals surface area contributed by atoms with Gasteiger partial charge in [-0.25, -0.2) is 14.1 Å². The number of ether oxygens (including phenoxy) is 1. The lowest BCUT2D eigenvalue weighted by molar-refractivity contribution is -0.131. The maximum absolute atomic E-state index is 13.7. The molecule has 2 amide bonds. The van der Waals surface area contributed by atoms with Crippen LogP contribution in [0.4, 0.5) is 9.18 Å². The molecule has 0 saturated carbocycles. The molecule has 3 atom stereocenters. The van der Waals surface area contributed by atoms with E-state index in [0.29, 0.717) is 10.6 Å². The van der Waals surface area contributed by atoms with Crippen LogP contribution in [0, 0.1) is 5.82 Å². The number of amides is 2. The third-order valence-corrected chi connectivity index (χ3v) is 6.02. The molecule has 1 fully saturated rings. The van der Waals surface area contributed by atoms with E-state index in [1.165, 1.54) is 12.1 Å². The Balaban J connectivity index is 1.74. The van der Waals surface area contributed by atoms with Crippen molar-refractivity contribution < 1.29 is 18.7 Å². The Bertz CT molecular complexity index is 1220. The molecule has 3 aromatic carbocycles. The molecule has 3 aromatic rings. The first-order chi connectivity index (χ1) is 16.5. The summed E-state index contributed by atoms with van der Waals surface area (Å²) in [5, 5.41) is 4.32. The second-order valence-corrected chi connectivity index (χ2v) is 8.29. The van der Waals surface area contributed by atoms with Crippen LogP contribution >= 0.6 is 11.6 Å². The van der Waals surface area contributed by atoms with E-state index in [2.05, 4.69) is 10.0 Å². The van der Waals surface area contributed by atoms with Gasteiger partial charge in [-0.3, -0.25) is 4.79 Å². The van der Waals surface area contributed by atoms with Crippen LogP contribution in [-0.2, 0) is 16.0 Å². The third kappa shape index (κ3) is 5.03. The van der Waals surface area contributed by atoms with Gasteiger partial charge in [0.05, 0.1) is 0 Å². The molecule has 0 aromatic heterocycles. The summed E-state index contributed by atoms with van der Waals surface area (Å²) in [4.78, 5) is 30.3. The Morgan fingerprint density at radius 2 is 1.79 bits per heavy atom. The van der Waals surface area contributed by atoms with E-state index in [4.69, 9.17) is 16.3 Å². The monoisotopic (exact) mass is 478 g/mol. The quantitative estimate of drug-likeness (QED) is 0.229. The Morgan fingerprint density at radius 3 is 2.44 bits per heavy atom. The fourth-order valence-electron chi connectivity index (χ4n) is 4.08. The van der Waals surface area contributed by atoms with Crippen LogP contribution < -0.4 is 0 Å². The molecule has 1 unspecified atom stereocenters. The number of carbonyl (C=O) groups is 2. The molecule has 1 aliphatic rings. The van der Waals surface area contributed by atoms with Gasteiger partial charge >= 0.3 is 6.09 Å². The van der Waals surface area contributed by atoms with Gasteiger partial charge in [-0.1, -0.05) is 71.3 Å². The molecule has 34 heavy (non-hydrogen) atoms. The maximum Gasteiger partial charge on any atom is 0.417 e. The average molecular weight is 479 g/mol. The van der Waals surface area contributed by atoms with E-state index in [1.807, 2.05) is 6.07 Å². The van der Waals surface area contributed by atoms with Crippen molar-refractivity contribution in [2.45, 2.75) is 24.4 Å². The fourth-order valence-corrected chi connectivity index (χ4v) is 4.21. The van der Waals surface area contributed by atoms with Crippen LogP contribution in [0.3, 0.4) is 0 Å². The van der Waals surface area contributed by atoms with Gasteiger partial charge in [0.1, 0.15) is 24.5 Å². The fraction of sp³-hybridized carbons (Fsp3) is 0.200. The van der Waals surface area contributed by atoms with Gasteiger partial charge in [-0.15, -0.1) is 0 Å². The zero-order chi connectivity index (χ0) is 24.1. The van der Waals surface area contributed by atoms with Crippen LogP contribution in [0.25, 0.3) is 10.4 Å². The Morgan fingerprint density at radius 1 is 1.12 bits per heavy atom. The molecule has 7 nitrogen and oxygen atoms in total. The Kier molecular flexibility index (Phi) is 7.11. The smallest absolute Gasteiger partial charge is 0.417 e. The molecule has 1 heterocycles. The molecule has 0 bridgehead atoms. The van der Waals surface area contributed by atoms with Crippen LogP contribution in [0.15, 0.2) is 84.0 Å².